The Morgan fingerprint density at radius 2 is 2.16 bits per heavy atom. The summed E-state index contributed by atoms with van der Waals surface area (Å²) in [7, 11) is 0. The smallest absolute Gasteiger partial charge is 0.221 e. The lowest BCUT2D eigenvalue weighted by molar-refractivity contribution is -0.123. The highest BCUT2D eigenvalue weighted by molar-refractivity contribution is 9.10. The van der Waals surface area contributed by atoms with E-state index in [4.69, 9.17) is 5.73 Å². The Labute approximate surface area is 156 Å². The van der Waals surface area contributed by atoms with E-state index in [1.807, 2.05) is 12.1 Å². The minimum Gasteiger partial charge on any atom is -0.369 e. The molecule has 0 radical (unpaired) electrons. The fourth-order valence-corrected chi connectivity index (χ4v) is 3.44. The number of aromatic nitrogens is 1. The number of nitrogens with one attached hydrogen (secondary N) is 1. The first-order valence-electron chi connectivity index (χ1n) is 8.55. The van der Waals surface area contributed by atoms with Gasteiger partial charge < -0.3 is 11.1 Å². The second-order valence-corrected chi connectivity index (χ2v) is 7.43. The van der Waals surface area contributed by atoms with Crippen LogP contribution in [0.2, 0.25) is 0 Å². The maximum atomic E-state index is 11.4. The number of primary amides is 1. The first kappa shape index (κ1) is 17.9. The van der Waals surface area contributed by atoms with Gasteiger partial charge in [-0.3, -0.25) is 9.69 Å². The Balaban J connectivity index is 1.57. The Morgan fingerprint density at radius 3 is 2.92 bits per heavy atom. The Kier molecular flexibility index (Phi) is 6.04. The van der Waals surface area contributed by atoms with Crippen molar-refractivity contribution in [3.63, 3.8) is 0 Å². The fourth-order valence-electron chi connectivity index (χ4n) is 3.20. The molecule has 132 valence electrons. The van der Waals surface area contributed by atoms with Crippen molar-refractivity contribution in [3.8, 4) is 0 Å². The van der Waals surface area contributed by atoms with Gasteiger partial charge in [-0.1, -0.05) is 24.3 Å². The van der Waals surface area contributed by atoms with E-state index in [2.05, 4.69) is 55.4 Å². The van der Waals surface area contributed by atoms with Crippen LogP contribution in [0.1, 0.15) is 24.0 Å². The van der Waals surface area contributed by atoms with Crippen molar-refractivity contribution < 1.29 is 4.79 Å². The van der Waals surface area contributed by atoms with Crippen LogP contribution in [0.15, 0.2) is 47.1 Å². The van der Waals surface area contributed by atoms with Crippen LogP contribution in [0, 0.1) is 5.92 Å². The lowest BCUT2D eigenvalue weighted by Gasteiger charge is -2.31. The molecule has 3 N–H and O–H groups in total. The number of halogens is 1. The molecule has 0 aliphatic carbocycles. The van der Waals surface area contributed by atoms with Crippen LogP contribution in [0.5, 0.6) is 0 Å². The number of hydrogen-bond acceptors (Lipinski definition) is 4. The summed E-state index contributed by atoms with van der Waals surface area (Å²) >= 11 is 3.39. The summed E-state index contributed by atoms with van der Waals surface area (Å²) in [5.41, 5.74) is 7.94. The third-order valence-electron chi connectivity index (χ3n) is 4.51. The molecule has 5 nitrogen and oxygen atoms in total. The molecule has 2 heterocycles. The van der Waals surface area contributed by atoms with Gasteiger partial charge in [-0.15, -0.1) is 0 Å². The standard InChI is InChI=1S/C19H23BrN4O/c20-17-6-7-18(23-11-17)22-10-14-3-1-4-15(9-14)12-24-8-2-5-16(13-24)19(21)25/h1,3-4,6-7,9,11,16H,2,5,8,10,12-13H2,(H2,21,25)(H,22,23). The summed E-state index contributed by atoms with van der Waals surface area (Å²) in [6, 6.07) is 12.5. The minimum atomic E-state index is -0.176. The lowest BCUT2D eigenvalue weighted by Crippen LogP contribution is -2.40. The Morgan fingerprint density at radius 1 is 1.32 bits per heavy atom. The number of nitrogens with zero attached hydrogens (tertiary/aromatic N) is 2. The van der Waals surface area contributed by atoms with Crippen LogP contribution in [0.25, 0.3) is 0 Å². The summed E-state index contributed by atoms with van der Waals surface area (Å²) in [5, 5.41) is 3.33. The molecule has 0 saturated carbocycles. The zero-order valence-electron chi connectivity index (χ0n) is 14.1. The van der Waals surface area contributed by atoms with E-state index in [1.54, 1.807) is 6.20 Å². The van der Waals surface area contributed by atoms with Crippen molar-refractivity contribution in [2.45, 2.75) is 25.9 Å². The van der Waals surface area contributed by atoms with Gasteiger partial charge in [0, 0.05) is 30.3 Å². The lowest BCUT2D eigenvalue weighted by atomic mass is 9.97. The topological polar surface area (TPSA) is 71.2 Å². The van der Waals surface area contributed by atoms with E-state index in [9.17, 15) is 4.79 Å². The normalized spacial score (nSPS) is 18.0. The van der Waals surface area contributed by atoms with E-state index in [0.717, 1.165) is 49.3 Å². The van der Waals surface area contributed by atoms with E-state index in [1.165, 1.54) is 11.1 Å². The third-order valence-corrected chi connectivity index (χ3v) is 4.98. The molecule has 3 rings (SSSR count). The number of hydrogen-bond donors (Lipinski definition) is 2. The molecule has 0 bridgehead atoms. The third kappa shape index (κ3) is 5.28. The van der Waals surface area contributed by atoms with Crippen molar-refractivity contribution in [2.75, 3.05) is 18.4 Å². The SMILES string of the molecule is NC(=O)C1CCCN(Cc2cccc(CNc3ccc(Br)cn3)c2)C1. The number of likely N-dealkylation sites (tertiary alicyclic amines) is 1. The van der Waals surface area contributed by atoms with Crippen LogP contribution in [-0.4, -0.2) is 28.9 Å². The zero-order chi connectivity index (χ0) is 17.6. The number of carbonyl (C=O) groups excluding carboxylic acids is 1. The van der Waals surface area contributed by atoms with Gasteiger partial charge in [-0.05, 0) is 58.6 Å². The fraction of sp³-hybridized carbons (Fsp3) is 0.368. The molecule has 0 spiro atoms. The highest BCUT2D eigenvalue weighted by Crippen LogP contribution is 2.19. The second-order valence-electron chi connectivity index (χ2n) is 6.51. The molecule has 1 amide bonds. The van der Waals surface area contributed by atoms with Crippen molar-refractivity contribution in [3.05, 3.63) is 58.2 Å². The highest BCUT2D eigenvalue weighted by Gasteiger charge is 2.23. The van der Waals surface area contributed by atoms with Crippen molar-refractivity contribution in [1.82, 2.24) is 9.88 Å². The molecule has 1 aliphatic rings. The van der Waals surface area contributed by atoms with Crippen LogP contribution in [-0.2, 0) is 17.9 Å². The van der Waals surface area contributed by atoms with Crippen molar-refractivity contribution >= 4 is 27.7 Å². The number of pyridine rings is 1. The molecule has 1 unspecified atom stereocenters. The van der Waals surface area contributed by atoms with E-state index < -0.39 is 0 Å². The van der Waals surface area contributed by atoms with Crippen molar-refractivity contribution in [2.24, 2.45) is 11.7 Å². The molecule has 1 aromatic heterocycles. The van der Waals surface area contributed by atoms with Crippen molar-refractivity contribution in [1.29, 1.82) is 0 Å². The van der Waals surface area contributed by atoms with Gasteiger partial charge in [0.1, 0.15) is 5.82 Å². The van der Waals surface area contributed by atoms with Gasteiger partial charge in [-0.2, -0.15) is 0 Å². The number of amides is 1. The summed E-state index contributed by atoms with van der Waals surface area (Å²) < 4.78 is 0.968. The van der Waals surface area contributed by atoms with Gasteiger partial charge in [0.2, 0.25) is 5.91 Å². The molecule has 1 saturated heterocycles. The molecular formula is C19H23BrN4O. The molecular weight excluding hydrogens is 380 g/mol. The van der Waals surface area contributed by atoms with Crippen LogP contribution in [0.3, 0.4) is 0 Å². The van der Waals surface area contributed by atoms with Gasteiger partial charge >= 0.3 is 0 Å². The van der Waals surface area contributed by atoms with Gasteiger partial charge in [0.15, 0.2) is 0 Å². The summed E-state index contributed by atoms with van der Waals surface area (Å²) in [6.45, 7) is 3.37. The molecule has 1 aromatic carbocycles. The minimum absolute atomic E-state index is 0.0120. The first-order chi connectivity index (χ1) is 12.1. The predicted octanol–water partition coefficient (Wildman–Crippen LogP) is 3.15. The average molecular weight is 403 g/mol. The molecule has 1 aliphatic heterocycles. The monoisotopic (exact) mass is 402 g/mol. The molecule has 6 heteroatoms. The van der Waals surface area contributed by atoms with E-state index in [0.29, 0.717) is 0 Å². The average Bonchev–Trinajstić information content (AvgIpc) is 2.62. The second kappa shape index (κ2) is 8.45. The maximum Gasteiger partial charge on any atom is 0.221 e. The quantitative estimate of drug-likeness (QED) is 0.778. The number of carbonyl (C=O) groups is 1. The van der Waals surface area contributed by atoms with Gasteiger partial charge in [0.05, 0.1) is 5.92 Å². The summed E-state index contributed by atoms with van der Waals surface area (Å²) in [6.07, 6.45) is 3.73. The first-order valence-corrected chi connectivity index (χ1v) is 9.34. The van der Waals surface area contributed by atoms with Gasteiger partial charge in [0.25, 0.3) is 0 Å². The Bertz CT molecular complexity index is 720. The number of nitrogens with two attached hydrogens (primary N) is 1. The van der Waals surface area contributed by atoms with Crippen LogP contribution < -0.4 is 11.1 Å². The van der Waals surface area contributed by atoms with Crippen LogP contribution >= 0.6 is 15.9 Å². The highest BCUT2D eigenvalue weighted by atomic mass is 79.9. The molecule has 1 fully saturated rings. The van der Waals surface area contributed by atoms with Crippen LogP contribution in [0.4, 0.5) is 5.82 Å². The van der Waals surface area contributed by atoms with E-state index >= 15 is 0 Å². The summed E-state index contributed by atoms with van der Waals surface area (Å²) in [5.74, 6) is 0.667. The number of rotatable bonds is 6. The van der Waals surface area contributed by atoms with E-state index in [-0.39, 0.29) is 11.8 Å². The predicted molar refractivity (Wildman–Crippen MR) is 103 cm³/mol. The summed E-state index contributed by atoms with van der Waals surface area (Å²) in [4.78, 5) is 18.1. The largest absolute Gasteiger partial charge is 0.369 e. The maximum absolute atomic E-state index is 11.4. The Hall–Kier alpha value is -1.92. The molecule has 2 aromatic rings. The van der Waals surface area contributed by atoms with Gasteiger partial charge in [-0.25, -0.2) is 4.98 Å². The molecule has 25 heavy (non-hydrogen) atoms. The number of piperidine rings is 1. The number of benzene rings is 1. The molecule has 1 atom stereocenters. The zero-order valence-corrected chi connectivity index (χ0v) is 15.7. The number of anilines is 1.